The van der Waals surface area contributed by atoms with E-state index in [9.17, 15) is 4.39 Å². The van der Waals surface area contributed by atoms with Crippen LogP contribution >= 0.6 is 0 Å². The molecule has 0 amide bonds. The summed E-state index contributed by atoms with van der Waals surface area (Å²) in [6, 6.07) is 16.5. The Bertz CT molecular complexity index is 658. The molecule has 0 bridgehead atoms. The Labute approximate surface area is 116 Å². The summed E-state index contributed by atoms with van der Waals surface area (Å²) in [5.74, 6) is -0.210. The van der Waals surface area contributed by atoms with E-state index in [-0.39, 0.29) is 5.82 Å². The number of benzene rings is 2. The molecule has 0 spiro atoms. The van der Waals surface area contributed by atoms with Crippen LogP contribution in [0.1, 0.15) is 5.56 Å². The summed E-state index contributed by atoms with van der Waals surface area (Å²) in [6.45, 7) is 0.670. The van der Waals surface area contributed by atoms with Crippen LogP contribution in [0.15, 0.2) is 60.8 Å². The van der Waals surface area contributed by atoms with Crippen LogP contribution in [0.4, 0.5) is 10.1 Å². The predicted octanol–water partition coefficient (Wildman–Crippen LogP) is 3.83. The molecule has 0 saturated carbocycles. The van der Waals surface area contributed by atoms with E-state index in [1.165, 1.54) is 12.1 Å². The molecule has 0 aliphatic heterocycles. The molecule has 0 atom stereocenters. The number of hydrogen-bond acceptors (Lipinski definition) is 2. The largest absolute Gasteiger partial charge is 0.381 e. The highest BCUT2D eigenvalue weighted by atomic mass is 19.1. The van der Waals surface area contributed by atoms with Crippen molar-refractivity contribution in [3.8, 4) is 11.3 Å². The Morgan fingerprint density at radius 1 is 0.950 bits per heavy atom. The number of nitrogens with zero attached hydrogens (tertiary/aromatic N) is 1. The fourth-order valence-corrected chi connectivity index (χ4v) is 1.99. The van der Waals surface area contributed by atoms with Gasteiger partial charge in [-0.2, -0.15) is 5.10 Å². The van der Waals surface area contributed by atoms with Gasteiger partial charge < -0.3 is 5.32 Å². The van der Waals surface area contributed by atoms with Crippen molar-refractivity contribution in [2.75, 3.05) is 5.32 Å². The monoisotopic (exact) mass is 267 g/mol. The smallest absolute Gasteiger partial charge is 0.123 e. The van der Waals surface area contributed by atoms with Crippen LogP contribution in [0.2, 0.25) is 0 Å². The Kier molecular flexibility index (Phi) is 3.46. The van der Waals surface area contributed by atoms with Crippen LogP contribution < -0.4 is 5.32 Å². The zero-order valence-electron chi connectivity index (χ0n) is 10.8. The molecule has 3 nitrogen and oxygen atoms in total. The lowest BCUT2D eigenvalue weighted by molar-refractivity contribution is 0.627. The maximum Gasteiger partial charge on any atom is 0.123 e. The number of nitrogens with one attached hydrogen (secondary N) is 2. The lowest BCUT2D eigenvalue weighted by atomic mass is 10.1. The molecule has 0 aliphatic carbocycles. The summed E-state index contributed by atoms with van der Waals surface area (Å²) < 4.78 is 12.8. The lowest BCUT2D eigenvalue weighted by Crippen LogP contribution is -1.99. The van der Waals surface area contributed by atoms with Crippen molar-refractivity contribution in [2.24, 2.45) is 0 Å². The van der Waals surface area contributed by atoms with Gasteiger partial charge in [-0.05, 0) is 41.5 Å². The van der Waals surface area contributed by atoms with E-state index in [0.717, 1.165) is 22.5 Å². The van der Waals surface area contributed by atoms with Crippen molar-refractivity contribution < 1.29 is 4.39 Å². The summed E-state index contributed by atoms with van der Waals surface area (Å²) in [5.41, 5.74) is 4.16. The highest BCUT2D eigenvalue weighted by molar-refractivity contribution is 5.62. The predicted molar refractivity (Wildman–Crippen MR) is 77.8 cm³/mol. The molecule has 3 rings (SSSR count). The number of aromatic nitrogens is 2. The van der Waals surface area contributed by atoms with Crippen molar-refractivity contribution in [1.82, 2.24) is 10.2 Å². The molecule has 100 valence electrons. The zero-order chi connectivity index (χ0) is 13.8. The summed E-state index contributed by atoms with van der Waals surface area (Å²) in [6.07, 6.45) is 1.73. The number of hydrogen-bond donors (Lipinski definition) is 2. The van der Waals surface area contributed by atoms with E-state index < -0.39 is 0 Å². The van der Waals surface area contributed by atoms with Gasteiger partial charge in [0.15, 0.2) is 0 Å². The Balaban J connectivity index is 1.65. The SMILES string of the molecule is Fc1ccc(CNc2ccc(-c3ccn[nH]3)cc2)cc1. The van der Waals surface area contributed by atoms with Crippen LogP contribution in [0.25, 0.3) is 11.3 Å². The number of H-pyrrole nitrogens is 1. The van der Waals surface area contributed by atoms with Gasteiger partial charge in [-0.25, -0.2) is 4.39 Å². The molecule has 3 aromatic rings. The van der Waals surface area contributed by atoms with E-state index in [2.05, 4.69) is 15.5 Å². The minimum Gasteiger partial charge on any atom is -0.381 e. The van der Waals surface area contributed by atoms with Crippen LogP contribution in [-0.4, -0.2) is 10.2 Å². The van der Waals surface area contributed by atoms with Gasteiger partial charge >= 0.3 is 0 Å². The van der Waals surface area contributed by atoms with Gasteiger partial charge in [0.1, 0.15) is 5.82 Å². The van der Waals surface area contributed by atoms with Crippen LogP contribution in [-0.2, 0) is 6.54 Å². The summed E-state index contributed by atoms with van der Waals surface area (Å²) in [4.78, 5) is 0. The van der Waals surface area contributed by atoms with Crippen molar-refractivity contribution in [3.05, 3.63) is 72.2 Å². The molecule has 0 fully saturated rings. The zero-order valence-corrected chi connectivity index (χ0v) is 10.8. The number of halogens is 1. The van der Waals surface area contributed by atoms with Gasteiger partial charge in [-0.3, -0.25) is 5.10 Å². The van der Waals surface area contributed by atoms with Crippen molar-refractivity contribution >= 4 is 5.69 Å². The second-order valence-corrected chi connectivity index (χ2v) is 4.53. The van der Waals surface area contributed by atoms with Crippen molar-refractivity contribution in [1.29, 1.82) is 0 Å². The second kappa shape index (κ2) is 5.57. The van der Waals surface area contributed by atoms with Gasteiger partial charge in [-0.1, -0.05) is 24.3 Å². The Hall–Kier alpha value is -2.62. The van der Waals surface area contributed by atoms with Gasteiger partial charge in [0.25, 0.3) is 0 Å². The Morgan fingerprint density at radius 3 is 2.35 bits per heavy atom. The quantitative estimate of drug-likeness (QED) is 0.754. The van der Waals surface area contributed by atoms with E-state index in [1.807, 2.05) is 30.3 Å². The minimum atomic E-state index is -0.210. The van der Waals surface area contributed by atoms with Crippen LogP contribution in [0, 0.1) is 5.82 Å². The standard InChI is InChI=1S/C16H14FN3/c17-14-5-1-12(2-6-14)11-18-15-7-3-13(4-8-15)16-9-10-19-20-16/h1-10,18H,11H2,(H,19,20). The highest BCUT2D eigenvalue weighted by Gasteiger charge is 1.99. The van der Waals surface area contributed by atoms with E-state index >= 15 is 0 Å². The average Bonchev–Trinajstić information content (AvgIpc) is 3.01. The molecule has 0 saturated heterocycles. The fourth-order valence-electron chi connectivity index (χ4n) is 1.99. The average molecular weight is 267 g/mol. The summed E-state index contributed by atoms with van der Waals surface area (Å²) in [5, 5.41) is 10.2. The highest BCUT2D eigenvalue weighted by Crippen LogP contribution is 2.19. The third kappa shape index (κ3) is 2.85. The van der Waals surface area contributed by atoms with Gasteiger partial charge in [-0.15, -0.1) is 0 Å². The number of anilines is 1. The third-order valence-corrected chi connectivity index (χ3v) is 3.11. The molecule has 2 aromatic carbocycles. The fraction of sp³-hybridized carbons (Fsp3) is 0.0625. The number of rotatable bonds is 4. The molecule has 4 heteroatoms. The first kappa shape index (κ1) is 12.4. The van der Waals surface area contributed by atoms with E-state index in [4.69, 9.17) is 0 Å². The Morgan fingerprint density at radius 2 is 1.70 bits per heavy atom. The summed E-state index contributed by atoms with van der Waals surface area (Å²) in [7, 11) is 0. The molecule has 2 N–H and O–H groups in total. The maximum absolute atomic E-state index is 12.8. The maximum atomic E-state index is 12.8. The van der Waals surface area contributed by atoms with E-state index in [0.29, 0.717) is 6.54 Å². The normalized spacial score (nSPS) is 10.4. The molecule has 1 aromatic heterocycles. The first-order chi connectivity index (χ1) is 9.81. The van der Waals surface area contributed by atoms with Crippen molar-refractivity contribution in [3.63, 3.8) is 0 Å². The summed E-state index contributed by atoms with van der Waals surface area (Å²) >= 11 is 0. The molecule has 0 unspecified atom stereocenters. The van der Waals surface area contributed by atoms with Gasteiger partial charge in [0.2, 0.25) is 0 Å². The molecular weight excluding hydrogens is 253 g/mol. The van der Waals surface area contributed by atoms with Gasteiger partial charge in [0, 0.05) is 18.4 Å². The van der Waals surface area contributed by atoms with E-state index in [1.54, 1.807) is 18.3 Å². The van der Waals surface area contributed by atoms with Gasteiger partial charge in [0.05, 0.1) is 5.69 Å². The first-order valence-electron chi connectivity index (χ1n) is 6.39. The molecule has 1 heterocycles. The third-order valence-electron chi connectivity index (χ3n) is 3.11. The van der Waals surface area contributed by atoms with Crippen molar-refractivity contribution in [2.45, 2.75) is 6.54 Å². The molecule has 0 aliphatic rings. The van der Waals surface area contributed by atoms with Crippen LogP contribution in [0.3, 0.4) is 0 Å². The lowest BCUT2D eigenvalue weighted by Gasteiger charge is -2.07. The number of aromatic amines is 1. The first-order valence-corrected chi connectivity index (χ1v) is 6.39. The van der Waals surface area contributed by atoms with Crippen LogP contribution in [0.5, 0.6) is 0 Å². The molecule has 0 radical (unpaired) electrons. The minimum absolute atomic E-state index is 0.210. The molecule has 20 heavy (non-hydrogen) atoms. The topological polar surface area (TPSA) is 40.7 Å². The second-order valence-electron chi connectivity index (χ2n) is 4.53. The molecular formula is C16H14FN3.